The van der Waals surface area contributed by atoms with Gasteiger partial charge in [-0.15, -0.1) is 0 Å². The van der Waals surface area contributed by atoms with Crippen molar-refractivity contribution in [2.24, 2.45) is 0 Å². The summed E-state index contributed by atoms with van der Waals surface area (Å²) in [5, 5.41) is 0. The van der Waals surface area contributed by atoms with Crippen molar-refractivity contribution in [1.82, 2.24) is 14.7 Å². The van der Waals surface area contributed by atoms with Crippen LogP contribution in [0.4, 0.5) is 4.79 Å². The Hall–Kier alpha value is -0.770. The van der Waals surface area contributed by atoms with E-state index < -0.39 is 0 Å². The van der Waals surface area contributed by atoms with Crippen molar-refractivity contribution in [3.05, 3.63) is 0 Å². The summed E-state index contributed by atoms with van der Waals surface area (Å²) >= 11 is 0. The van der Waals surface area contributed by atoms with Crippen LogP contribution in [-0.2, 0) is 0 Å². The standard InChI is InChI=1S/C13H27N3O/c1-13(2,3)16-9-7-11(8-10-16)15(6)12(17)14(4)5/h11H,7-10H2,1-6H3. The molecule has 0 unspecified atom stereocenters. The first kappa shape index (κ1) is 14.3. The van der Waals surface area contributed by atoms with Crippen LogP contribution in [0.2, 0.25) is 0 Å². The fraction of sp³-hybridized carbons (Fsp3) is 0.923. The molecular formula is C13H27N3O. The molecule has 1 aliphatic heterocycles. The van der Waals surface area contributed by atoms with Crippen LogP contribution in [-0.4, -0.2) is 66.5 Å². The molecule has 2 amide bonds. The summed E-state index contributed by atoms with van der Waals surface area (Å²) in [6.07, 6.45) is 2.15. The van der Waals surface area contributed by atoms with Crippen molar-refractivity contribution in [1.29, 1.82) is 0 Å². The minimum Gasteiger partial charge on any atom is -0.331 e. The van der Waals surface area contributed by atoms with Gasteiger partial charge < -0.3 is 9.80 Å². The fourth-order valence-corrected chi connectivity index (χ4v) is 2.40. The van der Waals surface area contributed by atoms with Gasteiger partial charge in [-0.25, -0.2) is 4.79 Å². The molecule has 0 aromatic heterocycles. The molecule has 0 N–H and O–H groups in total. The first-order valence-electron chi connectivity index (χ1n) is 6.42. The average Bonchev–Trinajstić information content (AvgIpc) is 2.26. The monoisotopic (exact) mass is 241 g/mol. The Morgan fingerprint density at radius 3 is 1.94 bits per heavy atom. The van der Waals surface area contributed by atoms with Crippen LogP contribution in [0.25, 0.3) is 0 Å². The Bertz CT molecular complexity index is 262. The molecule has 1 fully saturated rings. The predicted molar refractivity (Wildman–Crippen MR) is 71.2 cm³/mol. The van der Waals surface area contributed by atoms with Crippen LogP contribution in [0.1, 0.15) is 33.6 Å². The second-order valence-electron chi connectivity index (χ2n) is 6.18. The van der Waals surface area contributed by atoms with Crippen LogP contribution >= 0.6 is 0 Å². The van der Waals surface area contributed by atoms with E-state index in [4.69, 9.17) is 0 Å². The zero-order valence-electron chi connectivity index (χ0n) is 12.2. The van der Waals surface area contributed by atoms with Crippen molar-refractivity contribution in [3.63, 3.8) is 0 Å². The van der Waals surface area contributed by atoms with E-state index in [9.17, 15) is 4.79 Å². The molecule has 0 spiro atoms. The molecule has 0 saturated carbocycles. The van der Waals surface area contributed by atoms with Gasteiger partial charge in [0.05, 0.1) is 0 Å². The van der Waals surface area contributed by atoms with E-state index in [1.54, 1.807) is 4.90 Å². The molecule has 0 aromatic carbocycles. The molecule has 0 atom stereocenters. The number of hydrogen-bond acceptors (Lipinski definition) is 2. The third-order valence-corrected chi connectivity index (χ3v) is 3.65. The lowest BCUT2D eigenvalue weighted by Crippen LogP contribution is -2.52. The molecule has 0 bridgehead atoms. The number of urea groups is 1. The fourth-order valence-electron chi connectivity index (χ4n) is 2.40. The van der Waals surface area contributed by atoms with Crippen LogP contribution in [0, 0.1) is 0 Å². The molecule has 1 aliphatic rings. The number of piperidine rings is 1. The lowest BCUT2D eigenvalue weighted by Gasteiger charge is -2.43. The number of nitrogens with zero attached hydrogens (tertiary/aromatic N) is 3. The Morgan fingerprint density at radius 2 is 1.59 bits per heavy atom. The summed E-state index contributed by atoms with van der Waals surface area (Å²) < 4.78 is 0. The predicted octanol–water partition coefficient (Wildman–Crippen LogP) is 1.86. The molecule has 100 valence electrons. The van der Waals surface area contributed by atoms with Gasteiger partial charge in [0.2, 0.25) is 0 Å². The lowest BCUT2D eigenvalue weighted by atomic mass is 9.97. The van der Waals surface area contributed by atoms with E-state index >= 15 is 0 Å². The third kappa shape index (κ3) is 3.60. The van der Waals surface area contributed by atoms with Gasteiger partial charge in [0.15, 0.2) is 0 Å². The van der Waals surface area contributed by atoms with E-state index in [1.165, 1.54) is 0 Å². The van der Waals surface area contributed by atoms with Crippen LogP contribution in [0.5, 0.6) is 0 Å². The summed E-state index contributed by atoms with van der Waals surface area (Å²) in [6, 6.07) is 0.503. The van der Waals surface area contributed by atoms with Gasteiger partial charge in [-0.2, -0.15) is 0 Å². The van der Waals surface area contributed by atoms with Crippen LogP contribution < -0.4 is 0 Å². The highest BCUT2D eigenvalue weighted by Crippen LogP contribution is 2.22. The maximum atomic E-state index is 11.9. The highest BCUT2D eigenvalue weighted by Gasteiger charge is 2.30. The molecular weight excluding hydrogens is 214 g/mol. The topological polar surface area (TPSA) is 26.8 Å². The Labute approximate surface area is 106 Å². The normalized spacial score (nSPS) is 19.2. The first-order chi connectivity index (χ1) is 7.73. The number of carbonyl (C=O) groups is 1. The molecule has 4 nitrogen and oxygen atoms in total. The summed E-state index contributed by atoms with van der Waals surface area (Å²) in [5.74, 6) is 0. The summed E-state index contributed by atoms with van der Waals surface area (Å²) in [6.45, 7) is 8.92. The third-order valence-electron chi connectivity index (χ3n) is 3.65. The summed E-state index contributed by atoms with van der Waals surface area (Å²) in [5.41, 5.74) is 0.245. The molecule has 1 saturated heterocycles. The van der Waals surface area contributed by atoms with Crippen molar-refractivity contribution < 1.29 is 4.79 Å². The van der Waals surface area contributed by atoms with Gasteiger partial charge in [0.25, 0.3) is 0 Å². The summed E-state index contributed by atoms with van der Waals surface area (Å²) in [7, 11) is 5.53. The van der Waals surface area contributed by atoms with Gasteiger partial charge in [-0.05, 0) is 33.6 Å². The minimum absolute atomic E-state index is 0.110. The maximum absolute atomic E-state index is 11.9. The number of carbonyl (C=O) groups excluding carboxylic acids is 1. The zero-order valence-corrected chi connectivity index (χ0v) is 12.2. The van der Waals surface area contributed by atoms with Gasteiger partial charge in [0, 0.05) is 45.8 Å². The highest BCUT2D eigenvalue weighted by molar-refractivity contribution is 5.73. The van der Waals surface area contributed by atoms with E-state index in [2.05, 4.69) is 25.7 Å². The van der Waals surface area contributed by atoms with E-state index in [0.717, 1.165) is 25.9 Å². The molecule has 1 rings (SSSR count). The highest BCUT2D eigenvalue weighted by atomic mass is 16.2. The number of amides is 2. The van der Waals surface area contributed by atoms with Crippen molar-refractivity contribution in [2.75, 3.05) is 34.2 Å². The largest absolute Gasteiger partial charge is 0.331 e. The second-order valence-corrected chi connectivity index (χ2v) is 6.18. The number of hydrogen-bond donors (Lipinski definition) is 0. The molecule has 17 heavy (non-hydrogen) atoms. The molecule has 0 aromatic rings. The Kier molecular flexibility index (Phi) is 4.42. The quantitative estimate of drug-likeness (QED) is 0.700. The van der Waals surface area contributed by atoms with Crippen LogP contribution in [0.3, 0.4) is 0 Å². The Morgan fingerprint density at radius 1 is 1.12 bits per heavy atom. The smallest absolute Gasteiger partial charge is 0.319 e. The van der Waals surface area contributed by atoms with Gasteiger partial charge >= 0.3 is 6.03 Å². The van der Waals surface area contributed by atoms with E-state index in [1.807, 2.05) is 26.0 Å². The molecule has 0 radical (unpaired) electrons. The number of rotatable bonds is 1. The average molecular weight is 241 g/mol. The zero-order chi connectivity index (χ0) is 13.2. The summed E-state index contributed by atoms with van der Waals surface area (Å²) in [4.78, 5) is 17.9. The van der Waals surface area contributed by atoms with Crippen molar-refractivity contribution in [3.8, 4) is 0 Å². The van der Waals surface area contributed by atoms with Crippen molar-refractivity contribution in [2.45, 2.75) is 45.2 Å². The SMILES string of the molecule is CN(C)C(=O)N(C)C1CCN(C(C)(C)C)CC1. The lowest BCUT2D eigenvalue weighted by molar-refractivity contribution is 0.0695. The first-order valence-corrected chi connectivity index (χ1v) is 6.42. The van der Waals surface area contributed by atoms with Gasteiger partial charge in [-0.3, -0.25) is 4.90 Å². The number of likely N-dealkylation sites (tertiary alicyclic amines) is 1. The van der Waals surface area contributed by atoms with Crippen LogP contribution in [0.15, 0.2) is 0 Å². The minimum atomic E-state index is 0.110. The van der Waals surface area contributed by atoms with Gasteiger partial charge in [0.1, 0.15) is 0 Å². The molecule has 0 aliphatic carbocycles. The van der Waals surface area contributed by atoms with Crippen molar-refractivity contribution >= 4 is 6.03 Å². The molecule has 1 heterocycles. The Balaban J connectivity index is 2.50. The molecule has 4 heteroatoms. The van der Waals surface area contributed by atoms with E-state index in [-0.39, 0.29) is 11.6 Å². The maximum Gasteiger partial charge on any atom is 0.319 e. The van der Waals surface area contributed by atoms with E-state index in [0.29, 0.717) is 6.04 Å². The second kappa shape index (κ2) is 5.25. The van der Waals surface area contributed by atoms with Gasteiger partial charge in [-0.1, -0.05) is 0 Å².